The van der Waals surface area contributed by atoms with Crippen molar-refractivity contribution >= 4 is 28.9 Å². The fourth-order valence-electron chi connectivity index (χ4n) is 2.78. The molecule has 1 aromatic heterocycles. The van der Waals surface area contributed by atoms with E-state index in [9.17, 15) is 23.5 Å². The van der Waals surface area contributed by atoms with Crippen LogP contribution < -0.4 is 4.90 Å². The van der Waals surface area contributed by atoms with Crippen molar-refractivity contribution in [3.8, 4) is 10.4 Å². The minimum absolute atomic E-state index is 0.0372. The monoisotopic (exact) mass is 387 g/mol. The number of aromatic carboxylic acids is 1. The van der Waals surface area contributed by atoms with Gasteiger partial charge < -0.3 is 10.0 Å². The van der Waals surface area contributed by atoms with Gasteiger partial charge in [-0.05, 0) is 30.2 Å². The van der Waals surface area contributed by atoms with Crippen LogP contribution in [0.5, 0.6) is 0 Å². The Bertz CT molecular complexity index is 1010. The molecule has 4 nitrogen and oxygen atoms in total. The first-order chi connectivity index (χ1) is 12.8. The maximum Gasteiger partial charge on any atom is 0.348 e. The molecule has 0 aliphatic carbocycles. The lowest BCUT2D eigenvalue weighted by atomic mass is 10.1. The molecule has 0 saturated carbocycles. The Balaban J connectivity index is 2.06. The van der Waals surface area contributed by atoms with Crippen molar-refractivity contribution in [3.05, 3.63) is 76.2 Å². The van der Waals surface area contributed by atoms with Gasteiger partial charge >= 0.3 is 5.97 Å². The highest BCUT2D eigenvalue weighted by Gasteiger charge is 2.26. The summed E-state index contributed by atoms with van der Waals surface area (Å²) < 4.78 is 27.5. The molecule has 0 bridgehead atoms. The maximum absolute atomic E-state index is 14.2. The van der Waals surface area contributed by atoms with E-state index >= 15 is 0 Å². The van der Waals surface area contributed by atoms with Crippen LogP contribution >= 0.6 is 11.3 Å². The van der Waals surface area contributed by atoms with Crippen molar-refractivity contribution in [2.45, 2.75) is 6.92 Å². The third-order valence-corrected chi connectivity index (χ3v) is 5.26. The van der Waals surface area contributed by atoms with Gasteiger partial charge in [-0.1, -0.05) is 30.3 Å². The number of carbonyl (C=O) groups excluding carboxylic acids is 1. The summed E-state index contributed by atoms with van der Waals surface area (Å²) in [6, 6.07) is 12.4. The van der Waals surface area contributed by atoms with E-state index < -0.39 is 23.5 Å². The molecule has 0 saturated heterocycles. The second-order valence-corrected chi connectivity index (χ2v) is 6.99. The van der Waals surface area contributed by atoms with E-state index in [1.165, 1.54) is 14.0 Å². The van der Waals surface area contributed by atoms with Crippen LogP contribution in [-0.4, -0.2) is 24.0 Å². The lowest BCUT2D eigenvalue weighted by molar-refractivity contribution is 0.0703. The lowest BCUT2D eigenvalue weighted by Crippen LogP contribution is -2.28. The van der Waals surface area contributed by atoms with Gasteiger partial charge in [-0.15, -0.1) is 11.3 Å². The summed E-state index contributed by atoms with van der Waals surface area (Å²) in [7, 11) is 1.37. The third kappa shape index (κ3) is 3.59. The van der Waals surface area contributed by atoms with Gasteiger partial charge in [-0.3, -0.25) is 4.79 Å². The Morgan fingerprint density at radius 2 is 1.74 bits per heavy atom. The predicted molar refractivity (Wildman–Crippen MR) is 101 cm³/mol. The van der Waals surface area contributed by atoms with Crippen LogP contribution in [0.4, 0.5) is 14.5 Å². The van der Waals surface area contributed by atoms with Gasteiger partial charge in [0, 0.05) is 18.0 Å². The Kier molecular flexibility index (Phi) is 5.05. The predicted octanol–water partition coefficient (Wildman–Crippen LogP) is 4.98. The van der Waals surface area contributed by atoms with Gasteiger partial charge in [0.05, 0.1) is 11.3 Å². The zero-order valence-electron chi connectivity index (χ0n) is 14.5. The molecule has 1 N–H and O–H groups in total. The average molecular weight is 387 g/mol. The zero-order chi connectivity index (χ0) is 19.7. The number of anilines is 1. The molecular weight excluding hydrogens is 372 g/mol. The van der Waals surface area contributed by atoms with Gasteiger partial charge in [-0.25, -0.2) is 13.6 Å². The van der Waals surface area contributed by atoms with Crippen LogP contribution in [0.1, 0.15) is 25.6 Å². The van der Waals surface area contributed by atoms with Crippen molar-refractivity contribution in [1.82, 2.24) is 0 Å². The van der Waals surface area contributed by atoms with E-state index in [0.717, 1.165) is 27.9 Å². The first-order valence-electron chi connectivity index (χ1n) is 7.96. The van der Waals surface area contributed by atoms with Crippen molar-refractivity contribution in [1.29, 1.82) is 0 Å². The lowest BCUT2D eigenvalue weighted by Gasteiger charge is -2.18. The normalized spacial score (nSPS) is 10.7. The molecule has 0 aliphatic rings. The van der Waals surface area contributed by atoms with Crippen LogP contribution in [0.15, 0.2) is 48.5 Å². The molecule has 0 fully saturated rings. The van der Waals surface area contributed by atoms with Crippen LogP contribution in [-0.2, 0) is 0 Å². The number of thiophene rings is 1. The average Bonchev–Trinajstić information content (AvgIpc) is 3.06. The SMILES string of the molecule is Cc1cc(F)cc(F)c1C(=O)N(C)c1cc(-c2ccccc2)sc1C(=O)O. The largest absolute Gasteiger partial charge is 0.477 e. The number of nitrogens with zero attached hydrogens (tertiary/aromatic N) is 1. The van der Waals surface area contributed by atoms with Crippen LogP contribution in [0.2, 0.25) is 0 Å². The summed E-state index contributed by atoms with van der Waals surface area (Å²) in [5.74, 6) is -3.70. The second kappa shape index (κ2) is 7.28. The summed E-state index contributed by atoms with van der Waals surface area (Å²) in [6.07, 6.45) is 0. The molecule has 27 heavy (non-hydrogen) atoms. The summed E-state index contributed by atoms with van der Waals surface area (Å²) in [5, 5.41) is 9.52. The molecule has 7 heteroatoms. The number of aryl methyl sites for hydroxylation is 1. The van der Waals surface area contributed by atoms with Gasteiger partial charge in [-0.2, -0.15) is 0 Å². The highest BCUT2D eigenvalue weighted by molar-refractivity contribution is 7.18. The maximum atomic E-state index is 14.2. The summed E-state index contributed by atoms with van der Waals surface area (Å²) in [6.45, 7) is 1.42. The summed E-state index contributed by atoms with van der Waals surface area (Å²) in [4.78, 5) is 26.2. The molecule has 138 valence electrons. The van der Waals surface area contributed by atoms with E-state index in [4.69, 9.17) is 0 Å². The second-order valence-electron chi connectivity index (χ2n) is 5.94. The molecule has 0 aliphatic heterocycles. The molecule has 0 radical (unpaired) electrons. The van der Waals surface area contributed by atoms with Crippen LogP contribution in [0.3, 0.4) is 0 Å². The number of rotatable bonds is 4. The van der Waals surface area contributed by atoms with Gasteiger partial charge in [0.25, 0.3) is 5.91 Å². The van der Waals surface area contributed by atoms with E-state index in [2.05, 4.69) is 0 Å². The Labute approximate surface area is 158 Å². The number of hydrogen-bond donors (Lipinski definition) is 1. The van der Waals surface area contributed by atoms with Crippen molar-refractivity contribution < 1.29 is 23.5 Å². The first-order valence-corrected chi connectivity index (χ1v) is 8.77. The Morgan fingerprint density at radius 3 is 2.33 bits per heavy atom. The number of halogens is 2. The number of benzene rings is 2. The molecule has 3 aromatic rings. The first kappa shape index (κ1) is 18.7. The van der Waals surface area contributed by atoms with Crippen LogP contribution in [0, 0.1) is 18.6 Å². The number of hydrogen-bond acceptors (Lipinski definition) is 3. The van der Waals surface area contributed by atoms with Crippen LogP contribution in [0.25, 0.3) is 10.4 Å². The Morgan fingerprint density at radius 1 is 1.07 bits per heavy atom. The quantitative estimate of drug-likeness (QED) is 0.687. The molecule has 1 heterocycles. The summed E-state index contributed by atoms with van der Waals surface area (Å²) in [5.41, 5.74) is 0.808. The molecule has 0 spiro atoms. The smallest absolute Gasteiger partial charge is 0.348 e. The highest BCUT2D eigenvalue weighted by Crippen LogP contribution is 2.37. The van der Waals surface area contributed by atoms with Crippen molar-refractivity contribution in [3.63, 3.8) is 0 Å². The molecule has 0 atom stereocenters. The molecule has 1 amide bonds. The van der Waals surface area contributed by atoms with Gasteiger partial charge in [0.15, 0.2) is 0 Å². The van der Waals surface area contributed by atoms with Gasteiger partial charge in [0.2, 0.25) is 0 Å². The molecule has 3 rings (SSSR count). The molecule has 0 unspecified atom stereocenters. The third-order valence-electron chi connectivity index (χ3n) is 4.10. The highest BCUT2D eigenvalue weighted by atomic mass is 32.1. The minimum atomic E-state index is -1.19. The number of amides is 1. The fraction of sp³-hybridized carbons (Fsp3) is 0.100. The van der Waals surface area contributed by atoms with Crippen molar-refractivity contribution in [2.24, 2.45) is 0 Å². The fourth-order valence-corrected chi connectivity index (χ4v) is 3.81. The topological polar surface area (TPSA) is 57.6 Å². The van der Waals surface area contributed by atoms with Gasteiger partial charge in [0.1, 0.15) is 16.5 Å². The number of carbonyl (C=O) groups is 2. The van der Waals surface area contributed by atoms with E-state index in [0.29, 0.717) is 10.9 Å². The van der Waals surface area contributed by atoms with E-state index in [-0.39, 0.29) is 21.7 Å². The van der Waals surface area contributed by atoms with Crippen molar-refractivity contribution in [2.75, 3.05) is 11.9 Å². The number of carboxylic acid groups (broad SMARTS) is 1. The number of carboxylic acids is 1. The Hall–Kier alpha value is -3.06. The standard InChI is InChI=1S/C20H15F2NO3S/c1-11-8-13(21)9-14(22)17(11)19(24)23(2)15-10-16(27-18(15)20(25)26)12-6-4-3-5-7-12/h3-10H,1-2H3,(H,25,26). The van der Waals surface area contributed by atoms with E-state index in [1.54, 1.807) is 6.07 Å². The minimum Gasteiger partial charge on any atom is -0.477 e. The molecular formula is C20H15F2NO3S. The zero-order valence-corrected chi connectivity index (χ0v) is 15.3. The molecule has 2 aromatic carbocycles. The summed E-state index contributed by atoms with van der Waals surface area (Å²) >= 11 is 1.03. The van der Waals surface area contributed by atoms with E-state index in [1.807, 2.05) is 30.3 Å².